The molecule has 19 heavy (non-hydrogen) atoms. The Labute approximate surface area is 115 Å². The molecule has 7 heteroatoms. The van der Waals surface area contributed by atoms with Gasteiger partial charge in [-0.1, -0.05) is 20.3 Å². The predicted molar refractivity (Wildman–Crippen MR) is 75.5 cm³/mol. The Bertz CT molecular complexity index is 383. The minimum Gasteiger partial charge on any atom is -0.353 e. The Kier molecular flexibility index (Phi) is 6.22. The van der Waals surface area contributed by atoms with Crippen molar-refractivity contribution in [3.63, 3.8) is 0 Å². The fourth-order valence-electron chi connectivity index (χ4n) is 1.94. The molecule has 1 saturated heterocycles. The second-order valence-electron chi connectivity index (χ2n) is 5.20. The number of nitrogens with two attached hydrogens (primary N) is 1. The molecule has 0 radical (unpaired) electrons. The maximum absolute atomic E-state index is 11.7. The largest absolute Gasteiger partial charge is 0.353 e. The molecule has 2 atom stereocenters. The molecule has 0 aromatic rings. The highest BCUT2D eigenvalue weighted by Gasteiger charge is 2.22. The van der Waals surface area contributed by atoms with E-state index in [0.717, 1.165) is 6.42 Å². The minimum absolute atomic E-state index is 0.126. The zero-order chi connectivity index (χ0) is 14.5. The SMILES string of the molecule is CCC(C)C(N)C(=O)NCCN1CCS(=O)(=O)CC1. The van der Waals surface area contributed by atoms with Gasteiger partial charge in [-0.05, 0) is 5.92 Å². The Balaban J connectivity index is 2.22. The minimum atomic E-state index is -2.83. The van der Waals surface area contributed by atoms with Crippen LogP contribution in [-0.2, 0) is 14.6 Å². The second kappa shape index (κ2) is 7.21. The molecule has 0 bridgehead atoms. The molecule has 0 aliphatic carbocycles. The highest BCUT2D eigenvalue weighted by atomic mass is 32.2. The van der Waals surface area contributed by atoms with Crippen molar-refractivity contribution in [1.29, 1.82) is 0 Å². The number of carbonyl (C=O) groups excluding carboxylic acids is 1. The molecule has 1 aliphatic heterocycles. The third-order valence-electron chi connectivity index (χ3n) is 3.72. The normalized spacial score (nSPS) is 22.7. The average molecular weight is 291 g/mol. The van der Waals surface area contributed by atoms with E-state index in [9.17, 15) is 13.2 Å². The summed E-state index contributed by atoms with van der Waals surface area (Å²) in [6.45, 7) is 6.26. The first-order valence-corrected chi connectivity index (χ1v) is 8.64. The molecule has 2 unspecified atom stereocenters. The van der Waals surface area contributed by atoms with E-state index in [4.69, 9.17) is 5.73 Å². The summed E-state index contributed by atoms with van der Waals surface area (Å²) in [5.74, 6) is 0.472. The summed E-state index contributed by atoms with van der Waals surface area (Å²) in [7, 11) is -2.83. The summed E-state index contributed by atoms with van der Waals surface area (Å²) in [6.07, 6.45) is 0.874. The van der Waals surface area contributed by atoms with Crippen LogP contribution in [0.3, 0.4) is 0 Å². The molecule has 1 amide bonds. The van der Waals surface area contributed by atoms with Crippen LogP contribution in [0.4, 0.5) is 0 Å². The number of nitrogens with one attached hydrogen (secondary N) is 1. The molecule has 0 saturated carbocycles. The van der Waals surface area contributed by atoms with Crippen molar-refractivity contribution in [3.8, 4) is 0 Å². The van der Waals surface area contributed by atoms with E-state index in [2.05, 4.69) is 10.2 Å². The molecule has 0 aromatic heterocycles. The third kappa shape index (κ3) is 5.46. The highest BCUT2D eigenvalue weighted by molar-refractivity contribution is 7.91. The van der Waals surface area contributed by atoms with Crippen molar-refractivity contribution in [1.82, 2.24) is 10.2 Å². The van der Waals surface area contributed by atoms with Crippen LogP contribution in [-0.4, -0.2) is 63.0 Å². The van der Waals surface area contributed by atoms with E-state index in [1.165, 1.54) is 0 Å². The van der Waals surface area contributed by atoms with Crippen LogP contribution in [0.25, 0.3) is 0 Å². The lowest BCUT2D eigenvalue weighted by molar-refractivity contribution is -0.123. The summed E-state index contributed by atoms with van der Waals surface area (Å²) in [6, 6.07) is -0.466. The molecule has 1 fully saturated rings. The van der Waals surface area contributed by atoms with E-state index in [0.29, 0.717) is 26.2 Å². The molecule has 0 spiro atoms. The summed E-state index contributed by atoms with van der Waals surface area (Å²) in [4.78, 5) is 13.8. The van der Waals surface area contributed by atoms with Gasteiger partial charge in [0.1, 0.15) is 0 Å². The van der Waals surface area contributed by atoms with E-state index in [1.807, 2.05) is 13.8 Å². The van der Waals surface area contributed by atoms with Gasteiger partial charge in [0.05, 0.1) is 17.5 Å². The van der Waals surface area contributed by atoms with Crippen LogP contribution in [0.5, 0.6) is 0 Å². The van der Waals surface area contributed by atoms with Gasteiger partial charge < -0.3 is 11.1 Å². The maximum atomic E-state index is 11.7. The fourth-order valence-corrected chi connectivity index (χ4v) is 3.22. The second-order valence-corrected chi connectivity index (χ2v) is 7.50. The summed E-state index contributed by atoms with van der Waals surface area (Å²) >= 11 is 0. The Morgan fingerprint density at radius 1 is 1.37 bits per heavy atom. The number of hydrogen-bond acceptors (Lipinski definition) is 5. The molecular weight excluding hydrogens is 266 g/mol. The van der Waals surface area contributed by atoms with Crippen LogP contribution < -0.4 is 11.1 Å². The molecule has 1 heterocycles. The number of amides is 1. The first-order chi connectivity index (χ1) is 8.85. The quantitative estimate of drug-likeness (QED) is 0.669. The molecule has 0 aromatic carbocycles. The lowest BCUT2D eigenvalue weighted by atomic mass is 9.99. The molecule has 3 N–H and O–H groups in total. The van der Waals surface area contributed by atoms with Crippen molar-refractivity contribution in [2.75, 3.05) is 37.7 Å². The van der Waals surface area contributed by atoms with Crippen LogP contribution in [0.15, 0.2) is 0 Å². The first-order valence-electron chi connectivity index (χ1n) is 6.82. The molecular formula is C12H25N3O3S. The van der Waals surface area contributed by atoms with Crippen molar-refractivity contribution >= 4 is 15.7 Å². The molecule has 112 valence electrons. The maximum Gasteiger partial charge on any atom is 0.237 e. The van der Waals surface area contributed by atoms with Crippen LogP contribution in [0.2, 0.25) is 0 Å². The van der Waals surface area contributed by atoms with Crippen molar-refractivity contribution in [3.05, 3.63) is 0 Å². The van der Waals surface area contributed by atoms with E-state index in [-0.39, 0.29) is 23.3 Å². The first kappa shape index (κ1) is 16.4. The number of carbonyl (C=O) groups is 1. The third-order valence-corrected chi connectivity index (χ3v) is 5.33. The van der Waals surface area contributed by atoms with E-state index in [1.54, 1.807) is 0 Å². The zero-order valence-corrected chi connectivity index (χ0v) is 12.6. The van der Waals surface area contributed by atoms with Gasteiger partial charge in [-0.25, -0.2) is 8.42 Å². The standard InChI is InChI=1S/C12H25N3O3S/c1-3-10(2)11(13)12(16)14-4-5-15-6-8-19(17,18)9-7-15/h10-11H,3-9,13H2,1-2H3,(H,14,16). The van der Waals surface area contributed by atoms with Gasteiger partial charge >= 0.3 is 0 Å². The molecule has 1 rings (SSSR count). The van der Waals surface area contributed by atoms with Gasteiger partial charge in [-0.2, -0.15) is 0 Å². The monoisotopic (exact) mass is 291 g/mol. The summed E-state index contributed by atoms with van der Waals surface area (Å²) in [5, 5.41) is 2.81. The Morgan fingerprint density at radius 2 is 1.95 bits per heavy atom. The Morgan fingerprint density at radius 3 is 2.47 bits per heavy atom. The molecule has 6 nitrogen and oxygen atoms in total. The van der Waals surface area contributed by atoms with Gasteiger partial charge in [0.2, 0.25) is 5.91 Å². The lowest BCUT2D eigenvalue weighted by Gasteiger charge is -2.26. The van der Waals surface area contributed by atoms with E-state index >= 15 is 0 Å². The van der Waals surface area contributed by atoms with Crippen LogP contribution in [0.1, 0.15) is 20.3 Å². The van der Waals surface area contributed by atoms with Gasteiger partial charge in [0, 0.05) is 26.2 Å². The van der Waals surface area contributed by atoms with Gasteiger partial charge in [0.25, 0.3) is 0 Å². The fraction of sp³-hybridized carbons (Fsp3) is 0.917. The van der Waals surface area contributed by atoms with Crippen LogP contribution in [0, 0.1) is 5.92 Å². The highest BCUT2D eigenvalue weighted by Crippen LogP contribution is 2.05. The Hall–Kier alpha value is -0.660. The average Bonchev–Trinajstić information content (AvgIpc) is 2.38. The number of hydrogen-bond donors (Lipinski definition) is 2. The lowest BCUT2D eigenvalue weighted by Crippen LogP contribution is -2.48. The van der Waals surface area contributed by atoms with Crippen molar-refractivity contribution < 1.29 is 13.2 Å². The zero-order valence-electron chi connectivity index (χ0n) is 11.8. The topological polar surface area (TPSA) is 92.5 Å². The predicted octanol–water partition coefficient (Wildman–Crippen LogP) is -0.794. The van der Waals surface area contributed by atoms with Crippen molar-refractivity contribution in [2.24, 2.45) is 11.7 Å². The summed E-state index contributed by atoms with van der Waals surface area (Å²) in [5.41, 5.74) is 5.82. The van der Waals surface area contributed by atoms with Gasteiger partial charge in [-0.3, -0.25) is 9.69 Å². The van der Waals surface area contributed by atoms with Gasteiger partial charge in [-0.15, -0.1) is 0 Å². The van der Waals surface area contributed by atoms with Crippen molar-refractivity contribution in [2.45, 2.75) is 26.3 Å². The number of sulfone groups is 1. The summed E-state index contributed by atoms with van der Waals surface area (Å²) < 4.78 is 22.5. The molecule has 1 aliphatic rings. The van der Waals surface area contributed by atoms with Gasteiger partial charge in [0.15, 0.2) is 9.84 Å². The number of rotatable bonds is 6. The van der Waals surface area contributed by atoms with E-state index < -0.39 is 15.9 Å². The smallest absolute Gasteiger partial charge is 0.237 e. The van der Waals surface area contributed by atoms with Crippen LogP contribution >= 0.6 is 0 Å². The number of nitrogens with zero attached hydrogens (tertiary/aromatic N) is 1.